The number of aliphatic hydroxyl groups excluding tert-OH is 4. The zero-order chi connectivity index (χ0) is 13.4. The van der Waals surface area contributed by atoms with E-state index < -0.39 is 36.6 Å². The third kappa shape index (κ3) is 2.68. The first kappa shape index (κ1) is 14.2. The molecule has 0 bridgehead atoms. The largest absolute Gasteiger partial charge is 0.390 e. The van der Waals surface area contributed by atoms with Crippen LogP contribution in [0.5, 0.6) is 0 Å². The maximum atomic E-state index is 9.74. The predicted octanol–water partition coefficient (Wildman–Crippen LogP) is -1.22. The summed E-state index contributed by atoms with van der Waals surface area (Å²) in [7, 11) is 0. The second-order valence-electron chi connectivity index (χ2n) is 5.35. The highest BCUT2D eigenvalue weighted by atomic mass is 16.6. The molecule has 2 saturated heterocycles. The Bertz CT molecular complexity index is 234. The van der Waals surface area contributed by atoms with Crippen molar-refractivity contribution in [1.82, 2.24) is 0 Å². The molecule has 0 radical (unpaired) electrons. The van der Waals surface area contributed by atoms with E-state index >= 15 is 0 Å². The van der Waals surface area contributed by atoms with Crippen LogP contribution in [0.25, 0.3) is 0 Å². The summed E-state index contributed by atoms with van der Waals surface area (Å²) in [6.07, 6.45) is -4.62. The van der Waals surface area contributed by atoms with E-state index in [0.717, 1.165) is 0 Å². The van der Waals surface area contributed by atoms with Crippen molar-refractivity contribution < 1.29 is 29.9 Å². The van der Waals surface area contributed by atoms with Crippen molar-refractivity contribution in [3.05, 3.63) is 0 Å². The van der Waals surface area contributed by atoms with Gasteiger partial charge in [0.15, 0.2) is 0 Å². The lowest BCUT2D eigenvalue weighted by Crippen LogP contribution is -2.56. The van der Waals surface area contributed by atoms with Gasteiger partial charge in [0.2, 0.25) is 0 Å². The average Bonchev–Trinajstić information content (AvgIpc) is 2.31. The number of aliphatic hydroxyl groups is 4. The summed E-state index contributed by atoms with van der Waals surface area (Å²) in [5.41, 5.74) is 0. The quantitative estimate of drug-likeness (QED) is 0.473. The second kappa shape index (κ2) is 5.40. The van der Waals surface area contributed by atoms with Crippen LogP contribution >= 0.6 is 0 Å². The molecular formula is C12H22O6. The minimum atomic E-state index is -0.891. The highest BCUT2D eigenvalue weighted by Gasteiger charge is 2.43. The first-order valence-corrected chi connectivity index (χ1v) is 6.43. The fourth-order valence-electron chi connectivity index (χ4n) is 2.68. The molecule has 4 unspecified atom stereocenters. The highest BCUT2D eigenvalue weighted by Crippen LogP contribution is 2.30. The van der Waals surface area contributed by atoms with E-state index in [1.165, 1.54) is 0 Å². The lowest BCUT2D eigenvalue weighted by atomic mass is 9.90. The van der Waals surface area contributed by atoms with Crippen LogP contribution in [0, 0.1) is 0 Å². The van der Waals surface area contributed by atoms with Crippen molar-refractivity contribution in [2.45, 2.75) is 75.5 Å². The zero-order valence-electron chi connectivity index (χ0n) is 10.6. The molecule has 2 heterocycles. The molecule has 0 aliphatic carbocycles. The van der Waals surface area contributed by atoms with Gasteiger partial charge in [0.25, 0.3) is 0 Å². The van der Waals surface area contributed by atoms with E-state index in [1.54, 1.807) is 13.8 Å². The molecule has 0 saturated carbocycles. The van der Waals surface area contributed by atoms with E-state index in [0.29, 0.717) is 0 Å². The lowest BCUT2D eigenvalue weighted by Gasteiger charge is -2.43. The normalized spacial score (nSPS) is 54.3. The maximum Gasteiger partial charge on any atom is 0.106 e. The molecule has 2 fully saturated rings. The van der Waals surface area contributed by atoms with Gasteiger partial charge in [-0.3, -0.25) is 0 Å². The maximum absolute atomic E-state index is 9.74. The number of hydrogen-bond donors (Lipinski definition) is 4. The summed E-state index contributed by atoms with van der Waals surface area (Å²) >= 11 is 0. The molecule has 4 N–H and O–H groups in total. The van der Waals surface area contributed by atoms with Crippen molar-refractivity contribution in [2.24, 2.45) is 0 Å². The molecular weight excluding hydrogens is 240 g/mol. The van der Waals surface area contributed by atoms with Gasteiger partial charge in [0.05, 0.1) is 36.6 Å². The summed E-state index contributed by atoms with van der Waals surface area (Å²) in [6, 6.07) is 0. The van der Waals surface area contributed by atoms with Crippen LogP contribution in [-0.2, 0) is 9.47 Å². The molecule has 0 aromatic heterocycles. The topological polar surface area (TPSA) is 99.4 Å². The van der Waals surface area contributed by atoms with Gasteiger partial charge >= 0.3 is 0 Å². The zero-order valence-corrected chi connectivity index (χ0v) is 10.6. The van der Waals surface area contributed by atoms with Gasteiger partial charge in [0.1, 0.15) is 12.2 Å². The third-order valence-electron chi connectivity index (χ3n) is 3.89. The van der Waals surface area contributed by atoms with Gasteiger partial charge in [-0.15, -0.1) is 0 Å². The van der Waals surface area contributed by atoms with Crippen molar-refractivity contribution in [3.63, 3.8) is 0 Å². The Kier molecular flexibility index (Phi) is 4.25. The molecule has 18 heavy (non-hydrogen) atoms. The summed E-state index contributed by atoms with van der Waals surface area (Å²) < 4.78 is 11.2. The van der Waals surface area contributed by atoms with Gasteiger partial charge in [0, 0.05) is 12.8 Å². The van der Waals surface area contributed by atoms with E-state index in [-0.39, 0.29) is 25.0 Å². The Morgan fingerprint density at radius 2 is 1.06 bits per heavy atom. The molecule has 2 aliphatic heterocycles. The first-order chi connectivity index (χ1) is 8.40. The van der Waals surface area contributed by atoms with Gasteiger partial charge in [-0.05, 0) is 13.8 Å². The van der Waals surface area contributed by atoms with Crippen LogP contribution in [0.3, 0.4) is 0 Å². The first-order valence-electron chi connectivity index (χ1n) is 6.43. The van der Waals surface area contributed by atoms with Crippen LogP contribution in [0.4, 0.5) is 0 Å². The Hall–Kier alpha value is -0.240. The number of rotatable bonds is 1. The Morgan fingerprint density at radius 1 is 0.722 bits per heavy atom. The van der Waals surface area contributed by atoms with Crippen LogP contribution < -0.4 is 0 Å². The van der Waals surface area contributed by atoms with Crippen LogP contribution in [0.2, 0.25) is 0 Å². The summed E-state index contributed by atoms with van der Waals surface area (Å²) in [5, 5.41) is 38.7. The molecule has 0 aromatic rings. The summed E-state index contributed by atoms with van der Waals surface area (Å²) in [6.45, 7) is 3.38. The molecule has 2 aliphatic rings. The Balaban J connectivity index is 2.00. The third-order valence-corrected chi connectivity index (χ3v) is 3.89. The minimum Gasteiger partial charge on any atom is -0.390 e. The standard InChI is InChI=1S/C12H22O6/c1-5-11(15)7(13)3-9(17-5)10-4-8(14)12(16)6(2)18-10/h5-16H,3-4H2,1-2H3/t5?,6?,7-,8-,9+,10+,11?,12?/m1/s1. The predicted molar refractivity (Wildman–Crippen MR) is 61.9 cm³/mol. The van der Waals surface area contributed by atoms with E-state index in [1.807, 2.05) is 0 Å². The smallest absolute Gasteiger partial charge is 0.106 e. The molecule has 6 heteroatoms. The molecule has 0 aromatic carbocycles. The van der Waals surface area contributed by atoms with Crippen LogP contribution in [0.1, 0.15) is 26.7 Å². The number of ether oxygens (including phenoxy) is 2. The van der Waals surface area contributed by atoms with Gasteiger partial charge < -0.3 is 29.9 Å². The lowest BCUT2D eigenvalue weighted by molar-refractivity contribution is -0.235. The fraction of sp³-hybridized carbons (Fsp3) is 1.00. The molecule has 2 rings (SSSR count). The van der Waals surface area contributed by atoms with Gasteiger partial charge in [-0.1, -0.05) is 0 Å². The van der Waals surface area contributed by atoms with Crippen molar-refractivity contribution in [1.29, 1.82) is 0 Å². The molecule has 0 amide bonds. The van der Waals surface area contributed by atoms with E-state index in [2.05, 4.69) is 0 Å². The SMILES string of the molecule is CC1O[C@H]([C@@H]2C[C@@H](O)C(O)C(C)O2)C[C@@H](O)C1O. The second-order valence-corrected chi connectivity index (χ2v) is 5.35. The molecule has 8 atom stereocenters. The minimum absolute atomic E-state index is 0.270. The van der Waals surface area contributed by atoms with E-state index in [4.69, 9.17) is 9.47 Å². The number of hydrogen-bond acceptors (Lipinski definition) is 6. The highest BCUT2D eigenvalue weighted by molar-refractivity contribution is 4.92. The summed E-state index contributed by atoms with van der Waals surface area (Å²) in [4.78, 5) is 0. The Morgan fingerprint density at radius 3 is 1.33 bits per heavy atom. The fourth-order valence-corrected chi connectivity index (χ4v) is 2.68. The van der Waals surface area contributed by atoms with Gasteiger partial charge in [-0.2, -0.15) is 0 Å². The van der Waals surface area contributed by atoms with E-state index in [9.17, 15) is 20.4 Å². The summed E-state index contributed by atoms with van der Waals surface area (Å²) in [5.74, 6) is 0. The average molecular weight is 262 g/mol. The van der Waals surface area contributed by atoms with Crippen molar-refractivity contribution in [3.8, 4) is 0 Å². The van der Waals surface area contributed by atoms with Crippen LogP contribution in [0.15, 0.2) is 0 Å². The van der Waals surface area contributed by atoms with Gasteiger partial charge in [-0.25, -0.2) is 0 Å². The molecule has 0 spiro atoms. The Labute approximate surface area is 106 Å². The molecule has 6 nitrogen and oxygen atoms in total. The molecule has 106 valence electrons. The van der Waals surface area contributed by atoms with Crippen molar-refractivity contribution >= 4 is 0 Å². The monoisotopic (exact) mass is 262 g/mol. The van der Waals surface area contributed by atoms with Crippen LogP contribution in [-0.4, -0.2) is 69.3 Å². The van der Waals surface area contributed by atoms with Crippen molar-refractivity contribution in [2.75, 3.05) is 0 Å².